The van der Waals surface area contributed by atoms with Gasteiger partial charge in [0.1, 0.15) is 0 Å². The maximum absolute atomic E-state index is 13.5. The Kier molecular flexibility index (Phi) is 5.62. The highest BCUT2D eigenvalue weighted by Crippen LogP contribution is 2.44. The summed E-state index contributed by atoms with van der Waals surface area (Å²) in [5, 5.41) is 8.72. The Balaban J connectivity index is 1.84. The molecule has 1 aliphatic rings. The first kappa shape index (κ1) is 22.5. The number of benzene rings is 2. The van der Waals surface area contributed by atoms with Crippen molar-refractivity contribution < 1.29 is 35.9 Å². The highest BCUT2D eigenvalue weighted by atomic mass is 32.2. The summed E-state index contributed by atoms with van der Waals surface area (Å²) in [5.41, 5.74) is -0.740. The molecule has 1 aromatic heterocycles. The van der Waals surface area contributed by atoms with Crippen molar-refractivity contribution >= 4 is 27.1 Å². The molecule has 0 radical (unpaired) electrons. The maximum Gasteiger partial charge on any atom is 0.416 e. The second-order valence-corrected chi connectivity index (χ2v) is 10.6. The zero-order valence-electron chi connectivity index (χ0n) is 16.3. The summed E-state index contributed by atoms with van der Waals surface area (Å²) in [6.07, 6.45) is -3.20. The number of alkyl halides is 3. The lowest BCUT2D eigenvalue weighted by molar-refractivity contribution is -0.137. The summed E-state index contributed by atoms with van der Waals surface area (Å²) in [7, 11) is -4.21. The van der Waals surface area contributed by atoms with E-state index in [2.05, 4.69) is 0 Å². The van der Waals surface area contributed by atoms with E-state index < -0.39 is 38.4 Å². The van der Waals surface area contributed by atoms with Gasteiger partial charge in [-0.25, -0.2) is 13.2 Å². The molecule has 4 rings (SSSR count). The number of sulfone groups is 1. The van der Waals surface area contributed by atoms with Gasteiger partial charge < -0.3 is 5.11 Å². The summed E-state index contributed by atoms with van der Waals surface area (Å²) in [6.45, 7) is 0. The van der Waals surface area contributed by atoms with E-state index in [4.69, 9.17) is 0 Å². The van der Waals surface area contributed by atoms with Crippen LogP contribution in [0.3, 0.4) is 0 Å². The Morgan fingerprint density at radius 2 is 1.78 bits per heavy atom. The molecule has 0 amide bonds. The van der Waals surface area contributed by atoms with Crippen LogP contribution in [0.1, 0.15) is 45.8 Å². The SMILES string of the molecule is O=C(O)c1ccc(C2CC2)c(S(=O)(=O)Cc2cc(C(F)(F)F)ccc2-c2ccc(F)s2)c1. The molecule has 1 saturated carbocycles. The Morgan fingerprint density at radius 3 is 2.34 bits per heavy atom. The van der Waals surface area contributed by atoms with Gasteiger partial charge in [0.15, 0.2) is 15.0 Å². The van der Waals surface area contributed by atoms with Crippen molar-refractivity contribution in [1.82, 2.24) is 0 Å². The Labute approximate surface area is 185 Å². The number of carbonyl (C=O) groups is 1. The van der Waals surface area contributed by atoms with Crippen molar-refractivity contribution in [1.29, 1.82) is 0 Å². The molecule has 0 aliphatic heterocycles. The average molecular weight is 484 g/mol. The normalized spacial score (nSPS) is 14.5. The third-order valence-corrected chi connectivity index (χ3v) is 7.85. The minimum atomic E-state index is -4.69. The predicted molar refractivity (Wildman–Crippen MR) is 111 cm³/mol. The summed E-state index contributed by atoms with van der Waals surface area (Å²) in [5.74, 6) is -2.12. The molecule has 3 aromatic rings. The van der Waals surface area contributed by atoms with Crippen molar-refractivity contribution in [3.05, 3.63) is 75.9 Å². The van der Waals surface area contributed by atoms with Crippen LogP contribution in [0.15, 0.2) is 53.4 Å². The lowest BCUT2D eigenvalue weighted by atomic mass is 10.0. The van der Waals surface area contributed by atoms with Crippen molar-refractivity contribution in [2.75, 3.05) is 0 Å². The molecule has 1 fully saturated rings. The molecular formula is C22H16F4O4S2. The first-order valence-corrected chi connectivity index (χ1v) is 12.0. The number of aromatic carboxylic acids is 1. The third kappa shape index (κ3) is 4.56. The first-order valence-electron chi connectivity index (χ1n) is 9.51. The van der Waals surface area contributed by atoms with E-state index in [-0.39, 0.29) is 27.5 Å². The zero-order valence-corrected chi connectivity index (χ0v) is 18.0. The van der Waals surface area contributed by atoms with Crippen molar-refractivity contribution in [3.63, 3.8) is 0 Å². The second kappa shape index (κ2) is 8.00. The molecule has 168 valence electrons. The zero-order chi connectivity index (χ0) is 23.3. The van der Waals surface area contributed by atoms with Gasteiger partial charge in [0.2, 0.25) is 0 Å². The van der Waals surface area contributed by atoms with Crippen LogP contribution in [-0.4, -0.2) is 19.5 Å². The number of hydrogen-bond donors (Lipinski definition) is 1. The monoisotopic (exact) mass is 484 g/mol. The van der Waals surface area contributed by atoms with Gasteiger partial charge in [-0.1, -0.05) is 12.1 Å². The minimum absolute atomic E-state index is 0.0324. The number of carboxylic acid groups (broad SMARTS) is 1. The summed E-state index contributed by atoms with van der Waals surface area (Å²) in [6, 6.07) is 9.07. The molecule has 1 aliphatic carbocycles. The topological polar surface area (TPSA) is 71.4 Å². The molecule has 10 heteroatoms. The minimum Gasteiger partial charge on any atom is -0.478 e. The fourth-order valence-corrected chi connectivity index (χ4v) is 6.04. The molecule has 0 unspecified atom stereocenters. The molecular weight excluding hydrogens is 468 g/mol. The van der Waals surface area contributed by atoms with Gasteiger partial charge in [0.05, 0.1) is 21.8 Å². The van der Waals surface area contributed by atoms with Crippen LogP contribution in [0, 0.1) is 5.13 Å². The molecule has 32 heavy (non-hydrogen) atoms. The quantitative estimate of drug-likeness (QED) is 0.428. The molecule has 1 N–H and O–H groups in total. The number of carboxylic acids is 1. The van der Waals surface area contributed by atoms with Gasteiger partial charge in [-0.3, -0.25) is 0 Å². The van der Waals surface area contributed by atoms with Gasteiger partial charge in [-0.05, 0) is 71.8 Å². The van der Waals surface area contributed by atoms with Crippen molar-refractivity contribution in [3.8, 4) is 10.4 Å². The molecule has 1 heterocycles. The smallest absolute Gasteiger partial charge is 0.416 e. The van der Waals surface area contributed by atoms with E-state index in [0.717, 1.165) is 43.2 Å². The second-order valence-electron chi connectivity index (χ2n) is 7.56. The molecule has 4 nitrogen and oxygen atoms in total. The standard InChI is InChI=1S/C22H16F4O4S2/c23-20-8-7-18(31-20)16-6-4-15(22(24,25)26)9-14(16)11-32(29,30)19-10-13(21(27)28)3-5-17(19)12-1-2-12/h3-10,12H,1-2,11H2,(H,27,28). The molecule has 0 atom stereocenters. The van der Waals surface area contributed by atoms with Crippen LogP contribution in [-0.2, 0) is 21.8 Å². The summed E-state index contributed by atoms with van der Waals surface area (Å²) >= 11 is 0.694. The highest BCUT2D eigenvalue weighted by molar-refractivity contribution is 7.90. The van der Waals surface area contributed by atoms with Crippen LogP contribution in [0.4, 0.5) is 17.6 Å². The number of hydrogen-bond acceptors (Lipinski definition) is 4. The van der Waals surface area contributed by atoms with E-state index in [9.17, 15) is 35.9 Å². The number of rotatable bonds is 6. The van der Waals surface area contributed by atoms with Crippen LogP contribution < -0.4 is 0 Å². The first-order chi connectivity index (χ1) is 15.0. The van der Waals surface area contributed by atoms with Gasteiger partial charge in [0, 0.05) is 4.88 Å². The lowest BCUT2D eigenvalue weighted by Crippen LogP contribution is -2.12. The number of thiophene rings is 1. The average Bonchev–Trinajstić information content (AvgIpc) is 3.47. The Morgan fingerprint density at radius 1 is 1.06 bits per heavy atom. The van der Waals surface area contributed by atoms with Gasteiger partial charge in [-0.2, -0.15) is 17.6 Å². The van der Waals surface area contributed by atoms with E-state index in [1.807, 2.05) is 0 Å². The largest absolute Gasteiger partial charge is 0.478 e. The molecule has 0 bridgehead atoms. The molecule has 0 saturated heterocycles. The number of halogens is 4. The summed E-state index contributed by atoms with van der Waals surface area (Å²) < 4.78 is 80.1. The van der Waals surface area contributed by atoms with E-state index in [1.165, 1.54) is 18.2 Å². The van der Waals surface area contributed by atoms with E-state index in [0.29, 0.717) is 21.8 Å². The predicted octanol–water partition coefficient (Wildman–Crippen LogP) is 6.12. The van der Waals surface area contributed by atoms with Crippen molar-refractivity contribution in [2.45, 2.75) is 35.6 Å². The van der Waals surface area contributed by atoms with Crippen LogP contribution in [0.5, 0.6) is 0 Å². The van der Waals surface area contributed by atoms with Gasteiger partial charge in [0.25, 0.3) is 0 Å². The Hall–Kier alpha value is -2.72. The molecule has 0 spiro atoms. The van der Waals surface area contributed by atoms with Gasteiger partial charge in [-0.15, -0.1) is 11.3 Å². The fourth-order valence-electron chi connectivity index (χ4n) is 3.54. The van der Waals surface area contributed by atoms with Crippen LogP contribution >= 0.6 is 11.3 Å². The Bertz CT molecular complexity index is 1310. The van der Waals surface area contributed by atoms with E-state index >= 15 is 0 Å². The van der Waals surface area contributed by atoms with Crippen LogP contribution in [0.25, 0.3) is 10.4 Å². The van der Waals surface area contributed by atoms with E-state index in [1.54, 1.807) is 0 Å². The van der Waals surface area contributed by atoms with Gasteiger partial charge >= 0.3 is 12.1 Å². The van der Waals surface area contributed by atoms with Crippen molar-refractivity contribution in [2.24, 2.45) is 0 Å². The van der Waals surface area contributed by atoms with Crippen LogP contribution in [0.2, 0.25) is 0 Å². The highest BCUT2D eigenvalue weighted by Gasteiger charge is 2.34. The maximum atomic E-state index is 13.5. The lowest BCUT2D eigenvalue weighted by Gasteiger charge is -2.15. The third-order valence-electron chi connectivity index (χ3n) is 5.23. The fraction of sp³-hybridized carbons (Fsp3) is 0.227. The summed E-state index contributed by atoms with van der Waals surface area (Å²) in [4.78, 5) is 11.5. The molecule has 2 aromatic carbocycles.